The normalized spacial score (nSPS) is 26.2. The van der Waals surface area contributed by atoms with Crippen LogP contribution in [-0.4, -0.2) is 65.8 Å². The molecule has 2 aliphatic heterocycles. The first-order valence-electron chi connectivity index (χ1n) is 15.7. The molecule has 4 aliphatic rings. The lowest BCUT2D eigenvalue weighted by atomic mass is 9.62. The summed E-state index contributed by atoms with van der Waals surface area (Å²) in [7, 11) is 1.77. The number of likely N-dealkylation sites (N-methyl/N-ethyl adjacent to an activating group) is 1. The molecule has 3 heterocycles. The number of halogens is 3. The van der Waals surface area contributed by atoms with Gasteiger partial charge in [0.25, 0.3) is 0 Å². The van der Waals surface area contributed by atoms with Crippen LogP contribution >= 0.6 is 0 Å². The van der Waals surface area contributed by atoms with Gasteiger partial charge >= 0.3 is 5.97 Å². The van der Waals surface area contributed by atoms with E-state index in [4.69, 9.17) is 14.5 Å². The Morgan fingerprint density at radius 1 is 1.23 bits per heavy atom. The Balaban J connectivity index is 0.991. The number of benzene rings is 1. The van der Waals surface area contributed by atoms with Crippen molar-refractivity contribution in [3.8, 4) is 0 Å². The first-order valence-corrected chi connectivity index (χ1v) is 15.7. The Bertz CT molecular complexity index is 1300. The molecule has 2 N–H and O–H groups in total. The summed E-state index contributed by atoms with van der Waals surface area (Å²) in [5, 5.41) is 13.6. The van der Waals surface area contributed by atoms with Gasteiger partial charge in [-0.15, -0.1) is 0 Å². The van der Waals surface area contributed by atoms with Crippen molar-refractivity contribution in [2.24, 2.45) is 5.41 Å². The molecule has 2 atom stereocenters. The van der Waals surface area contributed by atoms with Gasteiger partial charge in [0.05, 0.1) is 18.8 Å². The van der Waals surface area contributed by atoms with Gasteiger partial charge in [0, 0.05) is 43.1 Å². The maximum Gasteiger partial charge on any atom is 0.325 e. The standard InChI is InChI=1S/C33H42F3N3O4/c1-39(24-16-25(17-24)42-14-3-2-6-23-9-7-21-5-4-13-37-30(21)38-23)29(31(40)41)27-15-22(34)8-10-26(27)28-11-12-32(20-43-28)18-33(35,36)19-32/h7-10,15,24-25,28-29H,2-6,11-14,16-20H2,1H3,(H,37,38)(H,40,41)/t24?,25?,28-,29?/m0/s1. The van der Waals surface area contributed by atoms with Gasteiger partial charge in [0.1, 0.15) is 17.7 Å². The maximum atomic E-state index is 14.5. The molecular formula is C33H42F3N3O4. The number of carboxylic acids is 1. The third kappa shape index (κ3) is 6.71. The van der Waals surface area contributed by atoms with E-state index in [1.54, 1.807) is 18.0 Å². The van der Waals surface area contributed by atoms with E-state index >= 15 is 0 Å². The van der Waals surface area contributed by atoms with Crippen molar-refractivity contribution in [1.82, 2.24) is 9.88 Å². The van der Waals surface area contributed by atoms with Gasteiger partial charge < -0.3 is 19.9 Å². The lowest BCUT2D eigenvalue weighted by molar-refractivity contribution is -0.212. The summed E-state index contributed by atoms with van der Waals surface area (Å²) < 4.78 is 53.7. The number of hydrogen-bond donors (Lipinski definition) is 2. The van der Waals surface area contributed by atoms with Gasteiger partial charge in [0.15, 0.2) is 0 Å². The summed E-state index contributed by atoms with van der Waals surface area (Å²) in [6, 6.07) is 7.43. The van der Waals surface area contributed by atoms with Crippen LogP contribution in [0.3, 0.4) is 0 Å². The third-order valence-electron chi connectivity index (χ3n) is 9.90. The number of aromatic nitrogens is 1. The number of pyridine rings is 1. The second kappa shape index (κ2) is 12.4. The van der Waals surface area contributed by atoms with Crippen LogP contribution < -0.4 is 5.32 Å². The number of alkyl halides is 2. The number of anilines is 1. The zero-order valence-electron chi connectivity index (χ0n) is 24.8. The smallest absolute Gasteiger partial charge is 0.325 e. The SMILES string of the molecule is CN(C1CC(OCCCCc2ccc3c(n2)NCCC3)C1)C(C(=O)O)c1cc(F)ccc1[C@@H]1CCC2(CO1)CC(F)(F)C2. The maximum absolute atomic E-state index is 14.5. The summed E-state index contributed by atoms with van der Waals surface area (Å²) in [6.07, 6.45) is 6.83. The van der Waals surface area contributed by atoms with Crippen LogP contribution in [0.4, 0.5) is 19.0 Å². The fraction of sp³-hybridized carbons (Fsp3) is 0.636. The highest BCUT2D eigenvalue weighted by atomic mass is 19.3. The molecule has 43 heavy (non-hydrogen) atoms. The van der Waals surface area contributed by atoms with Crippen molar-refractivity contribution >= 4 is 11.8 Å². The molecule has 10 heteroatoms. The first-order chi connectivity index (χ1) is 20.6. The molecule has 1 aromatic heterocycles. The summed E-state index contributed by atoms with van der Waals surface area (Å²) in [5.41, 5.74) is 2.88. The first kappa shape index (κ1) is 30.3. The van der Waals surface area contributed by atoms with Crippen LogP contribution in [0.25, 0.3) is 0 Å². The Hall–Kier alpha value is -2.69. The molecule has 0 radical (unpaired) electrons. The third-order valence-corrected chi connectivity index (χ3v) is 9.90. The molecule has 2 aromatic rings. The Labute approximate surface area is 251 Å². The van der Waals surface area contributed by atoms with Gasteiger partial charge in [-0.25, -0.2) is 18.2 Å². The molecule has 1 spiro atoms. The quantitative estimate of drug-likeness (QED) is 0.286. The molecule has 234 valence electrons. The number of nitrogens with zero attached hydrogens (tertiary/aromatic N) is 2. The van der Waals surface area contributed by atoms with Crippen LogP contribution in [0.15, 0.2) is 30.3 Å². The fourth-order valence-corrected chi connectivity index (χ4v) is 7.43. The predicted molar refractivity (Wildman–Crippen MR) is 156 cm³/mol. The van der Waals surface area contributed by atoms with Crippen molar-refractivity contribution in [3.63, 3.8) is 0 Å². The van der Waals surface area contributed by atoms with E-state index < -0.39 is 35.3 Å². The van der Waals surface area contributed by atoms with Crippen LogP contribution in [0.1, 0.15) is 92.3 Å². The van der Waals surface area contributed by atoms with Crippen LogP contribution in [0, 0.1) is 11.2 Å². The average molecular weight is 602 g/mol. The van der Waals surface area contributed by atoms with E-state index in [1.807, 2.05) is 0 Å². The number of nitrogens with one attached hydrogen (secondary N) is 1. The molecule has 1 saturated heterocycles. The van der Waals surface area contributed by atoms with Crippen molar-refractivity contribution < 1.29 is 32.5 Å². The van der Waals surface area contributed by atoms with Gasteiger partial charge in [0.2, 0.25) is 5.92 Å². The van der Waals surface area contributed by atoms with Gasteiger partial charge in [-0.3, -0.25) is 9.69 Å². The molecular weight excluding hydrogens is 559 g/mol. The minimum atomic E-state index is -2.63. The highest BCUT2D eigenvalue weighted by Crippen LogP contribution is 2.58. The predicted octanol–water partition coefficient (Wildman–Crippen LogP) is 6.47. The van der Waals surface area contributed by atoms with Crippen LogP contribution in [0.2, 0.25) is 0 Å². The molecule has 2 aliphatic carbocycles. The number of unbranched alkanes of at least 4 members (excludes halogenated alkanes) is 1. The van der Waals surface area contributed by atoms with Crippen molar-refractivity contribution in [2.45, 2.75) is 101 Å². The largest absolute Gasteiger partial charge is 0.480 e. The highest BCUT2D eigenvalue weighted by Gasteiger charge is 2.57. The second-order valence-electron chi connectivity index (χ2n) is 13.1. The number of carbonyl (C=O) groups is 1. The van der Waals surface area contributed by atoms with Gasteiger partial charge in [-0.2, -0.15) is 0 Å². The fourth-order valence-electron chi connectivity index (χ4n) is 7.43. The van der Waals surface area contributed by atoms with Crippen molar-refractivity contribution in [1.29, 1.82) is 0 Å². The van der Waals surface area contributed by atoms with Gasteiger partial charge in [-0.1, -0.05) is 12.1 Å². The average Bonchev–Trinajstić information content (AvgIpc) is 2.93. The lowest BCUT2D eigenvalue weighted by Gasteiger charge is -2.51. The number of carboxylic acid groups (broad SMARTS) is 1. The van der Waals surface area contributed by atoms with E-state index in [0.717, 1.165) is 50.2 Å². The Morgan fingerprint density at radius 2 is 2.05 bits per heavy atom. The Morgan fingerprint density at radius 3 is 2.77 bits per heavy atom. The van der Waals surface area contributed by atoms with Crippen LogP contribution in [-0.2, 0) is 27.1 Å². The number of rotatable bonds is 11. The van der Waals surface area contributed by atoms with Crippen molar-refractivity contribution in [3.05, 3.63) is 58.5 Å². The molecule has 1 aromatic carbocycles. The zero-order chi connectivity index (χ0) is 30.2. The number of fused-ring (bicyclic) bond motifs is 1. The van der Waals surface area contributed by atoms with E-state index in [-0.39, 0.29) is 31.6 Å². The van der Waals surface area contributed by atoms with Gasteiger partial charge in [-0.05, 0) is 99.7 Å². The molecule has 7 nitrogen and oxygen atoms in total. The minimum Gasteiger partial charge on any atom is -0.480 e. The van der Waals surface area contributed by atoms with Crippen LogP contribution in [0.5, 0.6) is 0 Å². The highest BCUT2D eigenvalue weighted by molar-refractivity contribution is 5.76. The number of aliphatic carboxylic acids is 1. The summed E-state index contributed by atoms with van der Waals surface area (Å²) in [5.74, 6) is -3.18. The number of ether oxygens (including phenoxy) is 2. The lowest BCUT2D eigenvalue weighted by Crippen LogP contribution is -2.51. The molecule has 0 amide bonds. The Kier molecular flexibility index (Phi) is 8.72. The zero-order valence-corrected chi connectivity index (χ0v) is 24.8. The summed E-state index contributed by atoms with van der Waals surface area (Å²) in [6.45, 7) is 1.83. The van der Waals surface area contributed by atoms with Crippen molar-refractivity contribution in [2.75, 3.05) is 32.1 Å². The molecule has 2 saturated carbocycles. The number of hydrogen-bond acceptors (Lipinski definition) is 6. The summed E-state index contributed by atoms with van der Waals surface area (Å²) >= 11 is 0. The molecule has 1 unspecified atom stereocenters. The summed E-state index contributed by atoms with van der Waals surface area (Å²) in [4.78, 5) is 19.1. The number of aryl methyl sites for hydroxylation is 2. The van der Waals surface area contributed by atoms with E-state index in [0.29, 0.717) is 43.4 Å². The molecule has 3 fully saturated rings. The van der Waals surface area contributed by atoms with E-state index in [1.165, 1.54) is 17.7 Å². The topological polar surface area (TPSA) is 83.9 Å². The second-order valence-corrected chi connectivity index (χ2v) is 13.1. The monoisotopic (exact) mass is 601 g/mol. The molecule has 6 rings (SSSR count). The minimum absolute atomic E-state index is 0.0119. The van der Waals surface area contributed by atoms with E-state index in [9.17, 15) is 23.1 Å². The molecule has 0 bridgehead atoms. The van der Waals surface area contributed by atoms with E-state index in [2.05, 4.69) is 17.4 Å².